The SMILES string of the molecule is NC1(C(F)(F)c2ccc(Br)cc2)CC1. The van der Waals surface area contributed by atoms with Crippen LogP contribution in [-0.2, 0) is 5.92 Å². The molecule has 1 aliphatic carbocycles. The van der Waals surface area contributed by atoms with Gasteiger partial charge in [-0.3, -0.25) is 0 Å². The van der Waals surface area contributed by atoms with Gasteiger partial charge in [0.25, 0.3) is 5.92 Å². The molecule has 14 heavy (non-hydrogen) atoms. The molecule has 0 aliphatic heterocycles. The molecule has 2 N–H and O–H groups in total. The monoisotopic (exact) mass is 261 g/mol. The second-order valence-electron chi connectivity index (χ2n) is 3.74. The van der Waals surface area contributed by atoms with Crippen LogP contribution in [0.25, 0.3) is 0 Å². The fourth-order valence-electron chi connectivity index (χ4n) is 1.40. The van der Waals surface area contributed by atoms with Crippen LogP contribution in [0.5, 0.6) is 0 Å². The van der Waals surface area contributed by atoms with Crippen LogP contribution in [0.2, 0.25) is 0 Å². The van der Waals surface area contributed by atoms with E-state index in [1.807, 2.05) is 0 Å². The van der Waals surface area contributed by atoms with Crippen molar-refractivity contribution >= 4 is 15.9 Å². The largest absolute Gasteiger partial charge is 0.320 e. The molecular formula is C10H10BrF2N. The van der Waals surface area contributed by atoms with Crippen LogP contribution >= 0.6 is 15.9 Å². The van der Waals surface area contributed by atoms with Crippen LogP contribution in [0.1, 0.15) is 18.4 Å². The number of nitrogens with two attached hydrogens (primary N) is 1. The topological polar surface area (TPSA) is 26.0 Å². The predicted octanol–water partition coefficient (Wildman–Crippen LogP) is 3.03. The summed E-state index contributed by atoms with van der Waals surface area (Å²) in [6.45, 7) is 0. The van der Waals surface area contributed by atoms with Gasteiger partial charge in [0, 0.05) is 10.0 Å². The van der Waals surface area contributed by atoms with Gasteiger partial charge in [0.2, 0.25) is 0 Å². The van der Waals surface area contributed by atoms with Gasteiger partial charge in [-0.15, -0.1) is 0 Å². The van der Waals surface area contributed by atoms with Gasteiger partial charge in [0.05, 0.1) is 5.54 Å². The molecule has 0 aromatic heterocycles. The van der Waals surface area contributed by atoms with Gasteiger partial charge in [-0.25, -0.2) is 0 Å². The highest BCUT2D eigenvalue weighted by molar-refractivity contribution is 9.10. The van der Waals surface area contributed by atoms with Crippen LogP contribution in [0.15, 0.2) is 28.7 Å². The lowest BCUT2D eigenvalue weighted by Crippen LogP contribution is -2.41. The van der Waals surface area contributed by atoms with Crippen LogP contribution in [0, 0.1) is 0 Å². The van der Waals surface area contributed by atoms with Gasteiger partial charge in [0.15, 0.2) is 0 Å². The minimum Gasteiger partial charge on any atom is -0.320 e. The predicted molar refractivity (Wildman–Crippen MR) is 54.2 cm³/mol. The molecule has 1 aromatic carbocycles. The zero-order valence-corrected chi connectivity index (χ0v) is 9.02. The van der Waals surface area contributed by atoms with Crippen molar-refractivity contribution < 1.29 is 8.78 Å². The molecule has 0 heterocycles. The van der Waals surface area contributed by atoms with E-state index in [0.29, 0.717) is 12.8 Å². The average molecular weight is 262 g/mol. The molecule has 0 atom stereocenters. The number of hydrogen-bond donors (Lipinski definition) is 1. The average Bonchev–Trinajstić information content (AvgIpc) is 2.86. The maximum atomic E-state index is 13.7. The summed E-state index contributed by atoms with van der Waals surface area (Å²) in [5, 5.41) is 0. The molecule has 0 amide bonds. The normalized spacial score (nSPS) is 19.4. The molecule has 1 saturated carbocycles. The van der Waals surface area contributed by atoms with Crippen molar-refractivity contribution in [1.82, 2.24) is 0 Å². The third-order valence-corrected chi connectivity index (χ3v) is 3.15. The summed E-state index contributed by atoms with van der Waals surface area (Å²) in [4.78, 5) is 0. The van der Waals surface area contributed by atoms with Gasteiger partial charge in [-0.05, 0) is 25.0 Å². The van der Waals surface area contributed by atoms with Gasteiger partial charge in [-0.2, -0.15) is 8.78 Å². The fraction of sp³-hybridized carbons (Fsp3) is 0.400. The molecule has 76 valence electrons. The molecule has 0 saturated heterocycles. The Morgan fingerprint density at radius 1 is 1.21 bits per heavy atom. The molecule has 0 unspecified atom stereocenters. The van der Waals surface area contributed by atoms with Crippen LogP contribution in [0.4, 0.5) is 8.78 Å². The van der Waals surface area contributed by atoms with Gasteiger partial charge >= 0.3 is 0 Å². The van der Waals surface area contributed by atoms with Gasteiger partial charge in [0.1, 0.15) is 0 Å². The van der Waals surface area contributed by atoms with E-state index >= 15 is 0 Å². The van der Waals surface area contributed by atoms with Crippen LogP contribution < -0.4 is 5.73 Å². The molecule has 0 spiro atoms. The number of benzene rings is 1. The van der Waals surface area contributed by atoms with E-state index in [9.17, 15) is 8.78 Å². The molecule has 0 radical (unpaired) electrons. The molecule has 4 heteroatoms. The Balaban J connectivity index is 2.34. The van der Waals surface area contributed by atoms with E-state index in [0.717, 1.165) is 4.47 Å². The molecule has 2 rings (SSSR count). The third-order valence-electron chi connectivity index (χ3n) is 2.62. The molecule has 0 bridgehead atoms. The first-order valence-corrected chi connectivity index (χ1v) is 5.18. The Hall–Kier alpha value is -0.480. The minimum atomic E-state index is -2.91. The van der Waals surface area contributed by atoms with E-state index < -0.39 is 11.5 Å². The maximum absolute atomic E-state index is 13.7. The zero-order valence-electron chi connectivity index (χ0n) is 7.43. The summed E-state index contributed by atoms with van der Waals surface area (Å²) in [6, 6.07) is 6.04. The van der Waals surface area contributed by atoms with E-state index in [4.69, 9.17) is 5.73 Å². The van der Waals surface area contributed by atoms with E-state index in [1.54, 1.807) is 12.1 Å². The second kappa shape index (κ2) is 3.00. The lowest BCUT2D eigenvalue weighted by molar-refractivity contribution is -0.0421. The first-order chi connectivity index (χ1) is 6.46. The Morgan fingerprint density at radius 2 is 1.71 bits per heavy atom. The highest BCUT2D eigenvalue weighted by atomic mass is 79.9. The molecule has 1 aromatic rings. The summed E-state index contributed by atoms with van der Waals surface area (Å²) in [7, 11) is 0. The molecule has 1 fully saturated rings. The summed E-state index contributed by atoms with van der Waals surface area (Å²) < 4.78 is 28.2. The first kappa shape index (κ1) is 10.1. The van der Waals surface area contributed by atoms with Crippen molar-refractivity contribution in [3.63, 3.8) is 0 Å². The van der Waals surface area contributed by atoms with Crippen molar-refractivity contribution in [2.24, 2.45) is 5.73 Å². The Labute approximate surface area is 89.4 Å². The highest BCUT2D eigenvalue weighted by Crippen LogP contribution is 2.51. The van der Waals surface area contributed by atoms with Crippen molar-refractivity contribution in [1.29, 1.82) is 0 Å². The number of halogens is 3. The maximum Gasteiger partial charge on any atom is 0.290 e. The minimum absolute atomic E-state index is 0.000648. The third kappa shape index (κ3) is 1.46. The quantitative estimate of drug-likeness (QED) is 0.871. The summed E-state index contributed by atoms with van der Waals surface area (Å²) >= 11 is 3.20. The standard InChI is InChI=1S/C10H10BrF2N/c11-8-3-1-7(2-4-8)10(12,13)9(14)5-6-9/h1-4H,5-6,14H2. The summed E-state index contributed by atoms with van der Waals surface area (Å²) in [5.41, 5.74) is 4.23. The Kier molecular flexibility index (Phi) is 2.16. The Morgan fingerprint density at radius 3 is 2.14 bits per heavy atom. The van der Waals surface area contributed by atoms with Crippen molar-refractivity contribution in [3.05, 3.63) is 34.3 Å². The lowest BCUT2D eigenvalue weighted by atomic mass is 10.00. The smallest absolute Gasteiger partial charge is 0.290 e. The fourth-order valence-corrected chi connectivity index (χ4v) is 1.66. The molecule has 1 nitrogen and oxygen atoms in total. The molecule has 1 aliphatic rings. The van der Waals surface area contributed by atoms with Crippen LogP contribution in [-0.4, -0.2) is 5.54 Å². The Bertz CT molecular complexity index is 344. The number of rotatable bonds is 2. The van der Waals surface area contributed by atoms with E-state index in [-0.39, 0.29) is 5.56 Å². The van der Waals surface area contributed by atoms with Crippen molar-refractivity contribution in [2.75, 3.05) is 0 Å². The molecular weight excluding hydrogens is 252 g/mol. The summed E-state index contributed by atoms with van der Waals surface area (Å²) in [6.07, 6.45) is 0.798. The van der Waals surface area contributed by atoms with Gasteiger partial charge in [-0.1, -0.05) is 28.1 Å². The second-order valence-corrected chi connectivity index (χ2v) is 4.65. The van der Waals surface area contributed by atoms with Crippen molar-refractivity contribution in [3.8, 4) is 0 Å². The number of hydrogen-bond acceptors (Lipinski definition) is 1. The summed E-state index contributed by atoms with van der Waals surface area (Å²) in [5.74, 6) is -2.91. The highest BCUT2D eigenvalue weighted by Gasteiger charge is 2.59. The number of alkyl halides is 2. The van der Waals surface area contributed by atoms with Crippen molar-refractivity contribution in [2.45, 2.75) is 24.3 Å². The van der Waals surface area contributed by atoms with Crippen LogP contribution in [0.3, 0.4) is 0 Å². The van der Waals surface area contributed by atoms with Gasteiger partial charge < -0.3 is 5.73 Å². The first-order valence-electron chi connectivity index (χ1n) is 4.38. The zero-order chi connectivity index (χ0) is 10.4. The van der Waals surface area contributed by atoms with E-state index in [2.05, 4.69) is 15.9 Å². The van der Waals surface area contributed by atoms with E-state index in [1.165, 1.54) is 12.1 Å². The lowest BCUT2D eigenvalue weighted by Gasteiger charge is -2.23.